The van der Waals surface area contributed by atoms with Crippen LogP contribution >= 0.6 is 23.2 Å². The molecule has 3 aromatic carbocycles. The van der Waals surface area contributed by atoms with Gasteiger partial charge in [-0.05, 0) is 49.2 Å². The highest BCUT2D eigenvalue weighted by Crippen LogP contribution is 2.37. The summed E-state index contributed by atoms with van der Waals surface area (Å²) in [6, 6.07) is 18.8. The smallest absolute Gasteiger partial charge is 0.248 e. The van der Waals surface area contributed by atoms with Gasteiger partial charge in [0.25, 0.3) is 0 Å². The van der Waals surface area contributed by atoms with E-state index in [0.29, 0.717) is 28.1 Å². The Bertz CT molecular complexity index is 1310. The van der Waals surface area contributed by atoms with E-state index in [-0.39, 0.29) is 5.91 Å². The number of allylic oxidation sites excluding steroid dienone is 1. The molecule has 4 nitrogen and oxygen atoms in total. The van der Waals surface area contributed by atoms with E-state index in [1.807, 2.05) is 56.3 Å². The molecule has 0 fully saturated rings. The van der Waals surface area contributed by atoms with E-state index in [1.54, 1.807) is 24.5 Å². The number of hydrogen-bond donors (Lipinski definition) is 1. The summed E-state index contributed by atoms with van der Waals surface area (Å²) >= 11 is 12.2. The number of anilines is 1. The standard InChI is InChI=1S/C26H21Cl2NO3/c1-3-31-24-14-25-20(21(15-32-25)17-7-5-4-6-8-17)13-19(24)16(2)11-26(30)29-23-12-18(27)9-10-22(23)28/h4-15H,3H2,1-2H3,(H,29,30)/b16-11+. The van der Waals surface area contributed by atoms with Gasteiger partial charge in [-0.2, -0.15) is 0 Å². The van der Waals surface area contributed by atoms with Gasteiger partial charge in [-0.15, -0.1) is 0 Å². The average molecular weight is 466 g/mol. The molecule has 0 saturated carbocycles. The Hall–Kier alpha value is -3.21. The van der Waals surface area contributed by atoms with Crippen LogP contribution in [0.1, 0.15) is 19.4 Å². The van der Waals surface area contributed by atoms with E-state index < -0.39 is 0 Å². The van der Waals surface area contributed by atoms with Crippen LogP contribution in [0.5, 0.6) is 5.75 Å². The number of benzene rings is 3. The van der Waals surface area contributed by atoms with Gasteiger partial charge >= 0.3 is 0 Å². The van der Waals surface area contributed by atoms with Gasteiger partial charge < -0.3 is 14.5 Å². The van der Waals surface area contributed by atoms with Crippen LogP contribution in [0, 0.1) is 0 Å². The minimum Gasteiger partial charge on any atom is -0.493 e. The Morgan fingerprint density at radius 1 is 1.09 bits per heavy atom. The van der Waals surface area contributed by atoms with Crippen molar-refractivity contribution in [1.82, 2.24) is 0 Å². The highest BCUT2D eigenvalue weighted by Gasteiger charge is 2.15. The van der Waals surface area contributed by atoms with Crippen LogP contribution in [0.2, 0.25) is 10.0 Å². The highest BCUT2D eigenvalue weighted by atomic mass is 35.5. The molecule has 4 aromatic rings. The Morgan fingerprint density at radius 3 is 2.62 bits per heavy atom. The molecule has 0 bridgehead atoms. The molecule has 0 aliphatic carbocycles. The largest absolute Gasteiger partial charge is 0.493 e. The van der Waals surface area contributed by atoms with Crippen molar-refractivity contribution in [3.63, 3.8) is 0 Å². The lowest BCUT2D eigenvalue weighted by atomic mass is 9.99. The van der Waals surface area contributed by atoms with Crippen LogP contribution in [0.4, 0.5) is 5.69 Å². The first-order valence-corrected chi connectivity index (χ1v) is 10.9. The predicted octanol–water partition coefficient (Wildman–Crippen LogP) is 7.85. The van der Waals surface area contributed by atoms with Crippen molar-refractivity contribution in [1.29, 1.82) is 0 Å². The fourth-order valence-corrected chi connectivity index (χ4v) is 3.85. The van der Waals surface area contributed by atoms with Crippen LogP contribution < -0.4 is 10.1 Å². The molecule has 0 saturated heterocycles. The molecule has 1 amide bonds. The molecule has 6 heteroatoms. The number of hydrogen-bond acceptors (Lipinski definition) is 3. The summed E-state index contributed by atoms with van der Waals surface area (Å²) in [6.45, 7) is 4.27. The molecule has 0 atom stereocenters. The van der Waals surface area contributed by atoms with Crippen molar-refractivity contribution in [2.75, 3.05) is 11.9 Å². The summed E-state index contributed by atoms with van der Waals surface area (Å²) in [7, 11) is 0. The summed E-state index contributed by atoms with van der Waals surface area (Å²) in [5, 5.41) is 4.63. The van der Waals surface area contributed by atoms with Gasteiger partial charge in [-0.1, -0.05) is 53.5 Å². The van der Waals surface area contributed by atoms with E-state index in [1.165, 1.54) is 6.08 Å². The fourth-order valence-electron chi connectivity index (χ4n) is 3.52. The SMILES string of the molecule is CCOc1cc2occ(-c3ccccc3)c2cc1/C(C)=C/C(=O)Nc1cc(Cl)ccc1Cl. The number of furan rings is 1. The Kier molecular flexibility index (Phi) is 6.54. The molecule has 0 unspecified atom stereocenters. The number of amides is 1. The van der Waals surface area contributed by atoms with Crippen LogP contribution in [0.3, 0.4) is 0 Å². The van der Waals surface area contributed by atoms with Crippen LogP contribution in [0.15, 0.2) is 77.4 Å². The van der Waals surface area contributed by atoms with E-state index >= 15 is 0 Å². The maximum absolute atomic E-state index is 12.7. The third-order valence-electron chi connectivity index (χ3n) is 5.02. The van der Waals surface area contributed by atoms with E-state index in [9.17, 15) is 4.79 Å². The van der Waals surface area contributed by atoms with Gasteiger partial charge in [0, 0.05) is 33.7 Å². The first-order valence-electron chi connectivity index (χ1n) is 10.1. The third-order valence-corrected chi connectivity index (χ3v) is 5.58. The van der Waals surface area contributed by atoms with Gasteiger partial charge in [0.05, 0.1) is 23.6 Å². The second-order valence-electron chi connectivity index (χ2n) is 7.23. The zero-order valence-electron chi connectivity index (χ0n) is 17.6. The Labute approximate surface area is 196 Å². The summed E-state index contributed by atoms with van der Waals surface area (Å²) in [4.78, 5) is 12.7. The number of nitrogens with one attached hydrogen (secondary N) is 1. The molecule has 1 heterocycles. The van der Waals surface area contributed by atoms with Crippen molar-refractivity contribution in [3.05, 3.63) is 88.6 Å². The summed E-state index contributed by atoms with van der Waals surface area (Å²) in [6.07, 6.45) is 3.26. The van der Waals surface area contributed by atoms with Gasteiger partial charge in [0.1, 0.15) is 11.3 Å². The topological polar surface area (TPSA) is 51.5 Å². The lowest BCUT2D eigenvalue weighted by Crippen LogP contribution is -2.09. The maximum atomic E-state index is 12.7. The molecule has 32 heavy (non-hydrogen) atoms. The minimum absolute atomic E-state index is 0.315. The molecule has 0 aliphatic rings. The Balaban J connectivity index is 1.73. The van der Waals surface area contributed by atoms with Crippen molar-refractivity contribution in [3.8, 4) is 16.9 Å². The molecule has 0 spiro atoms. The van der Waals surface area contributed by atoms with Gasteiger partial charge in [-0.3, -0.25) is 4.79 Å². The monoisotopic (exact) mass is 465 g/mol. The van der Waals surface area contributed by atoms with Crippen molar-refractivity contribution >= 4 is 51.3 Å². The van der Waals surface area contributed by atoms with Crippen LogP contribution in [0.25, 0.3) is 27.7 Å². The number of rotatable bonds is 6. The third kappa shape index (κ3) is 4.67. The van der Waals surface area contributed by atoms with E-state index in [0.717, 1.165) is 33.2 Å². The zero-order chi connectivity index (χ0) is 22.7. The molecular formula is C26H21Cl2NO3. The number of ether oxygens (including phenoxy) is 1. The molecule has 0 radical (unpaired) electrons. The second kappa shape index (κ2) is 9.51. The number of carbonyl (C=O) groups is 1. The second-order valence-corrected chi connectivity index (χ2v) is 8.08. The average Bonchev–Trinajstić information content (AvgIpc) is 3.19. The number of halogens is 2. The molecule has 162 valence electrons. The summed E-state index contributed by atoms with van der Waals surface area (Å²) in [5.74, 6) is 0.334. The lowest BCUT2D eigenvalue weighted by Gasteiger charge is -2.12. The maximum Gasteiger partial charge on any atom is 0.248 e. The first-order chi connectivity index (χ1) is 15.5. The quantitative estimate of drug-likeness (QED) is 0.295. The predicted molar refractivity (Wildman–Crippen MR) is 132 cm³/mol. The lowest BCUT2D eigenvalue weighted by molar-refractivity contribution is -0.111. The molecular weight excluding hydrogens is 445 g/mol. The molecule has 1 aromatic heterocycles. The summed E-state index contributed by atoms with van der Waals surface area (Å²) < 4.78 is 11.6. The highest BCUT2D eigenvalue weighted by molar-refractivity contribution is 6.35. The van der Waals surface area contributed by atoms with Crippen LogP contribution in [-0.4, -0.2) is 12.5 Å². The van der Waals surface area contributed by atoms with Crippen LogP contribution in [-0.2, 0) is 4.79 Å². The normalized spacial score (nSPS) is 11.6. The molecule has 0 aliphatic heterocycles. The zero-order valence-corrected chi connectivity index (χ0v) is 19.1. The van der Waals surface area contributed by atoms with E-state index in [2.05, 4.69) is 5.32 Å². The van der Waals surface area contributed by atoms with Gasteiger partial charge in [0.15, 0.2) is 0 Å². The number of carbonyl (C=O) groups excluding carboxylic acids is 1. The fraction of sp³-hybridized carbons (Fsp3) is 0.115. The van der Waals surface area contributed by atoms with Crippen molar-refractivity contribution in [2.24, 2.45) is 0 Å². The molecule has 1 N–H and O–H groups in total. The number of fused-ring (bicyclic) bond motifs is 1. The van der Waals surface area contributed by atoms with Crippen molar-refractivity contribution < 1.29 is 13.9 Å². The summed E-state index contributed by atoms with van der Waals surface area (Å²) in [5.41, 5.74) is 4.76. The van der Waals surface area contributed by atoms with E-state index in [4.69, 9.17) is 32.4 Å². The Morgan fingerprint density at radius 2 is 1.88 bits per heavy atom. The first kappa shape index (κ1) is 22.0. The van der Waals surface area contributed by atoms with Crippen molar-refractivity contribution in [2.45, 2.75) is 13.8 Å². The molecule has 4 rings (SSSR count). The van der Waals surface area contributed by atoms with Gasteiger partial charge in [0.2, 0.25) is 5.91 Å². The minimum atomic E-state index is -0.315. The van der Waals surface area contributed by atoms with Gasteiger partial charge in [-0.25, -0.2) is 0 Å².